The molecule has 4 nitrogen and oxygen atoms in total. The molecule has 0 aromatic heterocycles. The van der Waals surface area contributed by atoms with Crippen LogP contribution in [0.1, 0.15) is 36.5 Å². The normalized spacial score (nSPS) is 10.1. The Hall–Kier alpha value is -1.26. The van der Waals surface area contributed by atoms with Crippen molar-refractivity contribution in [2.24, 2.45) is 5.84 Å². The minimum absolute atomic E-state index is 0.342. The highest BCUT2D eigenvalue weighted by molar-refractivity contribution is 6.31. The van der Waals surface area contributed by atoms with Crippen molar-refractivity contribution in [2.45, 2.75) is 26.2 Å². The maximum Gasteiger partial charge on any atom is 0.267 e. The predicted molar refractivity (Wildman–Crippen MR) is 71.1 cm³/mol. The van der Waals surface area contributed by atoms with Gasteiger partial charge in [-0.1, -0.05) is 31.4 Å². The van der Waals surface area contributed by atoms with E-state index in [1.807, 2.05) is 0 Å². The molecular weight excluding hydrogens is 238 g/mol. The number of hydrogen-bond acceptors (Lipinski definition) is 3. The summed E-state index contributed by atoms with van der Waals surface area (Å²) in [6, 6.07) is 5.14. The Kier molecular flexibility index (Phi) is 5.80. The maximum absolute atomic E-state index is 11.5. The fourth-order valence-electron chi connectivity index (χ4n) is 1.53. The lowest BCUT2D eigenvalue weighted by molar-refractivity contribution is 0.0954. The molecule has 1 aromatic rings. The van der Waals surface area contributed by atoms with Gasteiger partial charge in [0.1, 0.15) is 0 Å². The highest BCUT2D eigenvalue weighted by Gasteiger charge is 2.10. The van der Waals surface area contributed by atoms with E-state index in [2.05, 4.69) is 17.7 Å². The monoisotopic (exact) mass is 255 g/mol. The number of benzene rings is 1. The Morgan fingerprint density at radius 2 is 2.18 bits per heavy atom. The van der Waals surface area contributed by atoms with Crippen LogP contribution in [0.5, 0.6) is 0 Å². The minimum atomic E-state index is -0.342. The first kappa shape index (κ1) is 13.8. The SMILES string of the molecule is CCCCCNc1ccc(Cl)cc1C(=O)NN. The average molecular weight is 256 g/mol. The fraction of sp³-hybridized carbons (Fsp3) is 0.417. The number of carbonyl (C=O) groups is 1. The standard InChI is InChI=1S/C12H18ClN3O/c1-2-3-4-7-15-11-6-5-9(13)8-10(11)12(17)16-14/h5-6,8,15H,2-4,7,14H2,1H3,(H,16,17). The Bertz CT molecular complexity index is 382. The first-order valence-corrected chi connectivity index (χ1v) is 6.11. The van der Waals surface area contributed by atoms with Crippen molar-refractivity contribution in [3.05, 3.63) is 28.8 Å². The number of hydrazine groups is 1. The van der Waals surface area contributed by atoms with Crippen molar-refractivity contribution < 1.29 is 4.79 Å². The third-order valence-electron chi connectivity index (χ3n) is 2.45. The lowest BCUT2D eigenvalue weighted by atomic mass is 10.1. The number of unbranched alkanes of at least 4 members (excludes halogenated alkanes) is 2. The van der Waals surface area contributed by atoms with E-state index in [1.165, 1.54) is 12.8 Å². The zero-order valence-electron chi connectivity index (χ0n) is 9.92. The Labute approximate surface area is 106 Å². The Morgan fingerprint density at radius 3 is 2.82 bits per heavy atom. The highest BCUT2D eigenvalue weighted by Crippen LogP contribution is 2.20. The molecule has 0 heterocycles. The van der Waals surface area contributed by atoms with Crippen LogP contribution in [-0.4, -0.2) is 12.5 Å². The summed E-state index contributed by atoms with van der Waals surface area (Å²) in [5.74, 6) is 4.79. The lowest BCUT2D eigenvalue weighted by Gasteiger charge is -2.11. The van der Waals surface area contributed by atoms with Crippen LogP contribution in [0.4, 0.5) is 5.69 Å². The van der Waals surface area contributed by atoms with Crippen LogP contribution in [-0.2, 0) is 0 Å². The van der Waals surface area contributed by atoms with Crippen LogP contribution in [0.3, 0.4) is 0 Å². The van der Waals surface area contributed by atoms with Crippen LogP contribution in [0, 0.1) is 0 Å². The van der Waals surface area contributed by atoms with E-state index >= 15 is 0 Å². The van der Waals surface area contributed by atoms with E-state index in [0.717, 1.165) is 18.7 Å². The van der Waals surface area contributed by atoms with Crippen molar-refractivity contribution in [1.82, 2.24) is 5.43 Å². The molecule has 0 unspecified atom stereocenters. The smallest absolute Gasteiger partial charge is 0.267 e. The molecule has 0 saturated heterocycles. The molecule has 1 rings (SSSR count). The van der Waals surface area contributed by atoms with Gasteiger partial charge < -0.3 is 5.32 Å². The molecule has 0 aliphatic heterocycles. The second kappa shape index (κ2) is 7.14. The third kappa shape index (κ3) is 4.24. The summed E-state index contributed by atoms with van der Waals surface area (Å²) in [4.78, 5) is 11.5. The van der Waals surface area contributed by atoms with E-state index < -0.39 is 0 Å². The topological polar surface area (TPSA) is 67.2 Å². The van der Waals surface area contributed by atoms with Crippen LogP contribution in [0.25, 0.3) is 0 Å². The van der Waals surface area contributed by atoms with Crippen molar-refractivity contribution in [3.8, 4) is 0 Å². The van der Waals surface area contributed by atoms with E-state index in [4.69, 9.17) is 17.4 Å². The molecule has 0 fully saturated rings. The van der Waals surface area contributed by atoms with Gasteiger partial charge >= 0.3 is 0 Å². The van der Waals surface area contributed by atoms with Gasteiger partial charge in [-0.25, -0.2) is 5.84 Å². The summed E-state index contributed by atoms with van der Waals surface area (Å²) < 4.78 is 0. The van der Waals surface area contributed by atoms with Crippen molar-refractivity contribution in [2.75, 3.05) is 11.9 Å². The molecule has 0 aliphatic carbocycles. The largest absolute Gasteiger partial charge is 0.384 e. The molecule has 4 N–H and O–H groups in total. The number of nitrogens with one attached hydrogen (secondary N) is 2. The van der Waals surface area contributed by atoms with Crippen LogP contribution in [0.15, 0.2) is 18.2 Å². The van der Waals surface area contributed by atoms with Crippen LogP contribution >= 0.6 is 11.6 Å². The van der Waals surface area contributed by atoms with Gasteiger partial charge in [-0.15, -0.1) is 0 Å². The summed E-state index contributed by atoms with van der Waals surface area (Å²) in [5.41, 5.74) is 3.34. The molecule has 0 saturated carbocycles. The summed E-state index contributed by atoms with van der Waals surface area (Å²) in [5, 5.41) is 3.73. The van der Waals surface area contributed by atoms with E-state index in [9.17, 15) is 4.79 Å². The summed E-state index contributed by atoms with van der Waals surface area (Å²) >= 11 is 5.85. The Morgan fingerprint density at radius 1 is 1.41 bits per heavy atom. The number of carbonyl (C=O) groups excluding carboxylic acids is 1. The van der Waals surface area contributed by atoms with Gasteiger partial charge in [-0.05, 0) is 24.6 Å². The number of hydrogen-bond donors (Lipinski definition) is 3. The molecule has 17 heavy (non-hydrogen) atoms. The van der Waals surface area contributed by atoms with Crippen molar-refractivity contribution in [3.63, 3.8) is 0 Å². The summed E-state index contributed by atoms with van der Waals surface area (Å²) in [6.07, 6.45) is 3.40. The number of amides is 1. The predicted octanol–water partition coefficient (Wildman–Crippen LogP) is 2.55. The highest BCUT2D eigenvalue weighted by atomic mass is 35.5. The summed E-state index contributed by atoms with van der Waals surface area (Å²) in [7, 11) is 0. The molecule has 0 radical (unpaired) electrons. The second-order valence-corrected chi connectivity index (χ2v) is 4.23. The van der Waals surface area contributed by atoms with Gasteiger partial charge in [0.2, 0.25) is 0 Å². The van der Waals surface area contributed by atoms with Gasteiger partial charge in [-0.3, -0.25) is 10.2 Å². The van der Waals surface area contributed by atoms with Gasteiger partial charge in [0.25, 0.3) is 5.91 Å². The Balaban J connectivity index is 2.72. The van der Waals surface area contributed by atoms with Crippen molar-refractivity contribution in [1.29, 1.82) is 0 Å². The molecule has 5 heteroatoms. The van der Waals surface area contributed by atoms with E-state index in [-0.39, 0.29) is 5.91 Å². The fourth-order valence-corrected chi connectivity index (χ4v) is 1.71. The number of nitrogens with two attached hydrogens (primary N) is 1. The molecule has 94 valence electrons. The molecule has 1 amide bonds. The average Bonchev–Trinajstić information content (AvgIpc) is 2.35. The summed E-state index contributed by atoms with van der Waals surface area (Å²) in [6.45, 7) is 2.98. The third-order valence-corrected chi connectivity index (χ3v) is 2.69. The van der Waals surface area contributed by atoms with Crippen LogP contribution < -0.4 is 16.6 Å². The van der Waals surface area contributed by atoms with Crippen LogP contribution in [0.2, 0.25) is 5.02 Å². The van der Waals surface area contributed by atoms with Gasteiger partial charge in [0.15, 0.2) is 0 Å². The molecule has 0 aliphatic rings. The number of nitrogen functional groups attached to an aromatic ring is 1. The molecule has 0 spiro atoms. The quantitative estimate of drug-likeness (QED) is 0.317. The first-order chi connectivity index (χ1) is 8.19. The maximum atomic E-state index is 11.5. The zero-order valence-corrected chi connectivity index (χ0v) is 10.7. The molecule has 0 atom stereocenters. The zero-order chi connectivity index (χ0) is 12.7. The minimum Gasteiger partial charge on any atom is -0.384 e. The van der Waals surface area contributed by atoms with E-state index in [1.54, 1.807) is 18.2 Å². The number of halogens is 1. The number of anilines is 1. The molecule has 0 bridgehead atoms. The van der Waals surface area contributed by atoms with Gasteiger partial charge in [-0.2, -0.15) is 0 Å². The lowest BCUT2D eigenvalue weighted by Crippen LogP contribution is -2.30. The second-order valence-electron chi connectivity index (χ2n) is 3.80. The molecular formula is C12H18ClN3O. The first-order valence-electron chi connectivity index (χ1n) is 5.73. The van der Waals surface area contributed by atoms with Crippen molar-refractivity contribution >= 4 is 23.2 Å². The number of rotatable bonds is 6. The van der Waals surface area contributed by atoms with Gasteiger partial charge in [0.05, 0.1) is 5.56 Å². The van der Waals surface area contributed by atoms with E-state index in [0.29, 0.717) is 10.6 Å². The van der Waals surface area contributed by atoms with Gasteiger partial charge in [0, 0.05) is 17.3 Å². The molecule has 1 aromatic carbocycles.